The lowest BCUT2D eigenvalue weighted by Gasteiger charge is -2.30. The molecule has 0 amide bonds. The van der Waals surface area contributed by atoms with Gasteiger partial charge in [0.2, 0.25) is 0 Å². The third kappa shape index (κ3) is 2.78. The second kappa shape index (κ2) is 6.61. The van der Waals surface area contributed by atoms with Crippen LogP contribution >= 0.6 is 22.7 Å². The quantitative estimate of drug-likeness (QED) is 0.669. The van der Waals surface area contributed by atoms with Gasteiger partial charge in [-0.25, -0.2) is 9.78 Å². The second-order valence-corrected chi connectivity index (χ2v) is 8.60. The highest BCUT2D eigenvalue weighted by Gasteiger charge is 2.29. The van der Waals surface area contributed by atoms with Crippen molar-refractivity contribution in [1.29, 1.82) is 0 Å². The van der Waals surface area contributed by atoms with E-state index in [4.69, 9.17) is 4.74 Å². The van der Waals surface area contributed by atoms with Gasteiger partial charge in [-0.15, -0.1) is 22.7 Å². The molecule has 26 heavy (non-hydrogen) atoms. The molecule has 136 valence electrons. The van der Waals surface area contributed by atoms with Crippen molar-refractivity contribution in [3.63, 3.8) is 0 Å². The number of ether oxygens (including phenoxy) is 1. The lowest BCUT2D eigenvalue weighted by atomic mass is 10.0. The molecule has 4 rings (SSSR count). The number of esters is 1. The van der Waals surface area contributed by atoms with Gasteiger partial charge in [0.1, 0.15) is 22.3 Å². The van der Waals surface area contributed by atoms with Gasteiger partial charge in [-0.1, -0.05) is 0 Å². The van der Waals surface area contributed by atoms with Gasteiger partial charge in [0.15, 0.2) is 5.82 Å². The molecule has 6 nitrogen and oxygen atoms in total. The smallest absolute Gasteiger partial charge is 0.348 e. The third-order valence-corrected chi connectivity index (χ3v) is 7.31. The SMILES string of the molecule is COC(=O)c1sc2nc(C[NH+]3CCc4sccc4[C@@H]3C)[nH]c(=O)c2c1C. The van der Waals surface area contributed by atoms with Gasteiger partial charge >= 0.3 is 5.97 Å². The summed E-state index contributed by atoms with van der Waals surface area (Å²) in [5.74, 6) is 0.243. The summed E-state index contributed by atoms with van der Waals surface area (Å²) >= 11 is 3.05. The Hall–Kier alpha value is -2.03. The molecule has 1 aliphatic heterocycles. The molecular formula is C18H20N3O3S2+. The zero-order valence-corrected chi connectivity index (χ0v) is 16.5. The molecule has 0 fully saturated rings. The van der Waals surface area contributed by atoms with E-state index in [2.05, 4.69) is 28.3 Å². The number of thiophene rings is 2. The van der Waals surface area contributed by atoms with Crippen LogP contribution in [-0.2, 0) is 17.7 Å². The van der Waals surface area contributed by atoms with Gasteiger partial charge in [0, 0.05) is 16.9 Å². The molecule has 1 aliphatic rings. The van der Waals surface area contributed by atoms with Crippen LogP contribution in [-0.4, -0.2) is 29.6 Å². The van der Waals surface area contributed by atoms with Crippen LogP contribution in [0, 0.1) is 6.92 Å². The average Bonchev–Trinajstić information content (AvgIpc) is 3.22. The zero-order chi connectivity index (χ0) is 18.4. The maximum Gasteiger partial charge on any atom is 0.348 e. The number of aromatic nitrogens is 2. The van der Waals surface area contributed by atoms with E-state index >= 15 is 0 Å². The molecule has 8 heteroatoms. The maximum atomic E-state index is 12.6. The van der Waals surface area contributed by atoms with Gasteiger partial charge in [-0.3, -0.25) is 4.79 Å². The normalized spacial score (nSPS) is 19.5. The molecular weight excluding hydrogens is 370 g/mol. The molecule has 2 N–H and O–H groups in total. The number of methoxy groups -OCH3 is 1. The zero-order valence-electron chi connectivity index (χ0n) is 14.8. The molecule has 0 radical (unpaired) electrons. The first-order chi connectivity index (χ1) is 12.5. The lowest BCUT2D eigenvalue weighted by Crippen LogP contribution is -3.11. The number of nitrogens with one attached hydrogen (secondary N) is 2. The molecule has 0 aromatic carbocycles. The molecule has 3 aromatic rings. The van der Waals surface area contributed by atoms with Gasteiger partial charge < -0.3 is 14.6 Å². The Morgan fingerprint density at radius 1 is 1.50 bits per heavy atom. The molecule has 0 saturated heterocycles. The summed E-state index contributed by atoms with van der Waals surface area (Å²) in [5.41, 5.74) is 1.85. The Bertz CT molecular complexity index is 1050. The second-order valence-electron chi connectivity index (χ2n) is 6.60. The summed E-state index contributed by atoms with van der Waals surface area (Å²) in [5, 5.41) is 2.64. The molecule has 0 spiro atoms. The number of aryl methyl sites for hydroxylation is 1. The van der Waals surface area contributed by atoms with Crippen LogP contribution < -0.4 is 10.5 Å². The maximum absolute atomic E-state index is 12.6. The number of aromatic amines is 1. The number of hydrogen-bond donors (Lipinski definition) is 2. The molecule has 1 unspecified atom stereocenters. The Morgan fingerprint density at radius 3 is 3.08 bits per heavy atom. The van der Waals surface area contributed by atoms with Crippen molar-refractivity contribution in [2.45, 2.75) is 32.9 Å². The molecule has 0 saturated carbocycles. The van der Waals surface area contributed by atoms with Crippen LogP contribution in [0.5, 0.6) is 0 Å². The summed E-state index contributed by atoms with van der Waals surface area (Å²) in [4.78, 5) is 35.9. The Balaban J connectivity index is 1.68. The van der Waals surface area contributed by atoms with Crippen molar-refractivity contribution in [3.05, 3.63) is 48.5 Å². The fraction of sp³-hybridized carbons (Fsp3) is 0.389. The van der Waals surface area contributed by atoms with Crippen molar-refractivity contribution < 1.29 is 14.4 Å². The van der Waals surface area contributed by atoms with Crippen molar-refractivity contribution >= 4 is 38.9 Å². The largest absolute Gasteiger partial charge is 0.465 e. The van der Waals surface area contributed by atoms with E-state index in [-0.39, 0.29) is 5.56 Å². The van der Waals surface area contributed by atoms with Crippen LogP contribution in [0.25, 0.3) is 10.2 Å². The standard InChI is InChI=1S/C18H19N3O3S2/c1-9-14-16(22)19-13(20-17(14)26-15(9)18(23)24-3)8-21-6-4-12-11(10(21)2)5-7-25-12/h5,7,10H,4,6,8H2,1-3H3,(H,19,20,22)/p+1/t10-/m0/s1. The van der Waals surface area contributed by atoms with Crippen molar-refractivity contribution in [1.82, 2.24) is 9.97 Å². The molecule has 0 aliphatic carbocycles. The fourth-order valence-corrected chi connectivity index (χ4v) is 5.76. The predicted molar refractivity (Wildman–Crippen MR) is 102 cm³/mol. The average molecular weight is 391 g/mol. The van der Waals surface area contributed by atoms with E-state index in [9.17, 15) is 9.59 Å². The van der Waals surface area contributed by atoms with Crippen LogP contribution in [0.3, 0.4) is 0 Å². The first-order valence-corrected chi connectivity index (χ1v) is 10.2. The van der Waals surface area contributed by atoms with E-state index < -0.39 is 5.97 Å². The molecule has 2 atom stereocenters. The van der Waals surface area contributed by atoms with E-state index in [0.29, 0.717) is 39.1 Å². The number of carbonyl (C=O) groups is 1. The minimum Gasteiger partial charge on any atom is -0.465 e. The summed E-state index contributed by atoms with van der Waals surface area (Å²) in [6, 6.07) is 2.58. The predicted octanol–water partition coefficient (Wildman–Crippen LogP) is 1.84. The summed E-state index contributed by atoms with van der Waals surface area (Å²) in [6.45, 7) is 5.67. The van der Waals surface area contributed by atoms with Gasteiger partial charge in [-0.2, -0.15) is 0 Å². The Morgan fingerprint density at radius 2 is 2.31 bits per heavy atom. The number of nitrogens with zero attached hydrogens (tertiary/aromatic N) is 1. The van der Waals surface area contributed by atoms with Crippen molar-refractivity contribution in [2.75, 3.05) is 13.7 Å². The highest BCUT2D eigenvalue weighted by atomic mass is 32.1. The van der Waals surface area contributed by atoms with Crippen LogP contribution in [0.1, 0.15) is 44.5 Å². The van der Waals surface area contributed by atoms with E-state index in [0.717, 1.165) is 13.0 Å². The first-order valence-electron chi connectivity index (χ1n) is 8.51. The van der Waals surface area contributed by atoms with Crippen LogP contribution in [0.4, 0.5) is 0 Å². The highest BCUT2D eigenvalue weighted by molar-refractivity contribution is 7.20. The third-order valence-electron chi connectivity index (χ3n) is 5.15. The molecule has 3 aromatic heterocycles. The van der Waals surface area contributed by atoms with E-state index in [1.807, 2.05) is 11.3 Å². The topological polar surface area (TPSA) is 76.5 Å². The fourth-order valence-electron chi connectivity index (χ4n) is 3.67. The van der Waals surface area contributed by atoms with Crippen molar-refractivity contribution in [3.8, 4) is 0 Å². The summed E-state index contributed by atoms with van der Waals surface area (Å²) < 4.78 is 4.81. The minimum atomic E-state index is -0.424. The number of rotatable bonds is 3. The Labute approximate surface area is 158 Å². The van der Waals surface area contributed by atoms with Gasteiger partial charge in [0.25, 0.3) is 5.56 Å². The highest BCUT2D eigenvalue weighted by Crippen LogP contribution is 2.28. The number of fused-ring (bicyclic) bond motifs is 2. The number of carbonyl (C=O) groups excluding carboxylic acids is 1. The summed E-state index contributed by atoms with van der Waals surface area (Å²) in [7, 11) is 1.34. The Kier molecular flexibility index (Phi) is 4.42. The monoisotopic (exact) mass is 390 g/mol. The van der Waals surface area contributed by atoms with E-state index in [1.54, 1.807) is 6.92 Å². The number of H-pyrrole nitrogens is 1. The van der Waals surface area contributed by atoms with Gasteiger partial charge in [0.05, 0.1) is 19.0 Å². The van der Waals surface area contributed by atoms with Crippen LogP contribution in [0.15, 0.2) is 16.2 Å². The van der Waals surface area contributed by atoms with Gasteiger partial charge in [-0.05, 0) is 30.9 Å². The molecule has 4 heterocycles. The lowest BCUT2D eigenvalue weighted by molar-refractivity contribution is -0.945. The number of hydrogen-bond acceptors (Lipinski definition) is 6. The number of quaternary nitrogens is 1. The van der Waals surface area contributed by atoms with Crippen molar-refractivity contribution in [2.24, 2.45) is 0 Å². The summed E-state index contributed by atoms with van der Waals surface area (Å²) in [6.07, 6.45) is 1.06. The van der Waals surface area contributed by atoms with Crippen LogP contribution in [0.2, 0.25) is 0 Å². The first kappa shape index (κ1) is 17.4. The minimum absolute atomic E-state index is 0.186. The molecule has 0 bridgehead atoms. The van der Waals surface area contributed by atoms with E-state index in [1.165, 1.54) is 33.8 Å².